The van der Waals surface area contributed by atoms with Crippen LogP contribution in [0.3, 0.4) is 0 Å². The van der Waals surface area contributed by atoms with E-state index in [1.165, 1.54) is 0 Å². The van der Waals surface area contributed by atoms with E-state index < -0.39 is 0 Å². The first-order valence-electron chi connectivity index (χ1n) is 6.13. The third-order valence-electron chi connectivity index (χ3n) is 5.29. The molecule has 5 atom stereocenters. The van der Waals surface area contributed by atoms with Gasteiger partial charge in [-0.3, -0.25) is 4.79 Å². The third kappa shape index (κ3) is 1.01. The van der Waals surface area contributed by atoms with Crippen LogP contribution < -0.4 is 11.5 Å². The highest BCUT2D eigenvalue weighted by Gasteiger charge is 2.72. The predicted molar refractivity (Wildman–Crippen MR) is 58.1 cm³/mol. The Morgan fingerprint density at radius 2 is 2.13 bits per heavy atom. The first-order valence-corrected chi connectivity index (χ1v) is 6.13. The molecule has 0 heterocycles. The van der Waals surface area contributed by atoms with Crippen LogP contribution in [0.5, 0.6) is 0 Å². The molecule has 4 aliphatic carbocycles. The van der Waals surface area contributed by atoms with Crippen molar-refractivity contribution in [3.8, 4) is 0 Å². The summed E-state index contributed by atoms with van der Waals surface area (Å²) in [5, 5.41) is 0. The summed E-state index contributed by atoms with van der Waals surface area (Å²) in [5.41, 5.74) is 12.6. The topological polar surface area (TPSA) is 69.1 Å². The number of Topliss-reactive ketones (excluding diaryl/α,β-unsaturated/α-hetero) is 1. The number of hydrogen-bond donors (Lipinski definition) is 2. The van der Waals surface area contributed by atoms with Gasteiger partial charge in [0.25, 0.3) is 0 Å². The van der Waals surface area contributed by atoms with Gasteiger partial charge in [0.05, 0.1) is 0 Å². The molecule has 4 aliphatic rings. The van der Waals surface area contributed by atoms with Crippen LogP contribution in [0, 0.1) is 17.8 Å². The molecule has 4 fully saturated rings. The zero-order valence-corrected chi connectivity index (χ0v) is 9.33. The summed E-state index contributed by atoms with van der Waals surface area (Å²) in [7, 11) is 0. The Bertz CT molecular complexity index is 330. The van der Waals surface area contributed by atoms with Crippen molar-refractivity contribution in [2.75, 3.05) is 0 Å². The molecule has 0 amide bonds. The maximum absolute atomic E-state index is 11.9. The van der Waals surface area contributed by atoms with Crippen LogP contribution in [-0.2, 0) is 4.79 Å². The van der Waals surface area contributed by atoms with Crippen molar-refractivity contribution in [2.45, 2.75) is 50.1 Å². The second-order valence-corrected chi connectivity index (χ2v) is 5.83. The van der Waals surface area contributed by atoms with E-state index in [-0.39, 0.29) is 17.0 Å². The van der Waals surface area contributed by atoms with Gasteiger partial charge in [-0.25, -0.2) is 0 Å². The summed E-state index contributed by atoms with van der Waals surface area (Å²) in [6.45, 7) is 1.94. The lowest BCUT2D eigenvalue weighted by atomic mass is 9.57. The lowest BCUT2D eigenvalue weighted by Crippen LogP contribution is -2.64. The molecule has 84 valence electrons. The van der Waals surface area contributed by atoms with Gasteiger partial charge >= 0.3 is 0 Å². The summed E-state index contributed by atoms with van der Waals surface area (Å²) in [6.07, 6.45) is 4.78. The van der Waals surface area contributed by atoms with Crippen LogP contribution in [0.1, 0.15) is 39.0 Å². The molecule has 15 heavy (non-hydrogen) atoms. The van der Waals surface area contributed by atoms with Crippen LogP contribution in [0.25, 0.3) is 0 Å². The van der Waals surface area contributed by atoms with Gasteiger partial charge in [-0.1, -0.05) is 6.92 Å². The van der Waals surface area contributed by atoms with Gasteiger partial charge in [-0.15, -0.1) is 0 Å². The predicted octanol–water partition coefficient (Wildman–Crippen LogP) is 0.810. The fourth-order valence-corrected chi connectivity index (χ4v) is 4.24. The fourth-order valence-electron chi connectivity index (χ4n) is 4.24. The molecule has 2 bridgehead atoms. The number of carbonyl (C=O) groups is 1. The first-order chi connectivity index (χ1) is 7.02. The Hall–Kier alpha value is -0.410. The van der Waals surface area contributed by atoms with Crippen molar-refractivity contribution in [3.05, 3.63) is 0 Å². The van der Waals surface area contributed by atoms with Crippen LogP contribution >= 0.6 is 0 Å². The Kier molecular flexibility index (Phi) is 1.72. The molecular formula is C12H20N2O. The number of fused-ring (bicyclic) bond motifs is 2. The zero-order valence-electron chi connectivity index (χ0n) is 9.33. The molecule has 4 N–H and O–H groups in total. The molecule has 0 radical (unpaired) electrons. The van der Waals surface area contributed by atoms with Gasteiger partial charge in [0.2, 0.25) is 0 Å². The number of ketones is 1. The lowest BCUT2D eigenvalue weighted by molar-refractivity contribution is -0.129. The van der Waals surface area contributed by atoms with Gasteiger partial charge in [-0.05, 0) is 37.5 Å². The van der Waals surface area contributed by atoms with E-state index in [9.17, 15) is 4.79 Å². The van der Waals surface area contributed by atoms with E-state index in [0.717, 1.165) is 25.7 Å². The van der Waals surface area contributed by atoms with Gasteiger partial charge in [0, 0.05) is 23.4 Å². The van der Waals surface area contributed by atoms with Crippen molar-refractivity contribution < 1.29 is 4.79 Å². The SMILES string of the molecule is CCC(=O)C1CC2CCC1(N)C1CC21N. The molecule has 0 aliphatic heterocycles. The minimum Gasteiger partial charge on any atom is -0.325 e. The molecule has 0 spiro atoms. The largest absolute Gasteiger partial charge is 0.325 e. The van der Waals surface area contributed by atoms with Crippen LogP contribution in [0.2, 0.25) is 0 Å². The van der Waals surface area contributed by atoms with Gasteiger partial charge in [-0.2, -0.15) is 0 Å². The monoisotopic (exact) mass is 208 g/mol. The maximum atomic E-state index is 11.9. The van der Waals surface area contributed by atoms with E-state index in [1.54, 1.807) is 0 Å². The summed E-state index contributed by atoms with van der Waals surface area (Å²) in [6, 6.07) is 0. The summed E-state index contributed by atoms with van der Waals surface area (Å²) in [5.74, 6) is 1.45. The van der Waals surface area contributed by atoms with Crippen LogP contribution in [0.15, 0.2) is 0 Å². The normalized spacial score (nSPS) is 56.3. The number of hydrogen-bond acceptors (Lipinski definition) is 3. The van der Waals surface area contributed by atoms with Crippen LogP contribution in [-0.4, -0.2) is 16.9 Å². The minimum atomic E-state index is -0.253. The summed E-state index contributed by atoms with van der Waals surface area (Å²) in [4.78, 5) is 11.9. The highest BCUT2D eigenvalue weighted by Crippen LogP contribution is 2.66. The van der Waals surface area contributed by atoms with E-state index in [0.29, 0.717) is 24.0 Å². The number of carbonyl (C=O) groups excluding carboxylic acids is 1. The van der Waals surface area contributed by atoms with Crippen molar-refractivity contribution in [1.82, 2.24) is 0 Å². The highest BCUT2D eigenvalue weighted by molar-refractivity contribution is 5.83. The fraction of sp³-hybridized carbons (Fsp3) is 0.917. The molecule has 3 nitrogen and oxygen atoms in total. The Labute approximate surface area is 90.6 Å². The molecule has 4 rings (SSSR count). The maximum Gasteiger partial charge on any atom is 0.137 e. The van der Waals surface area contributed by atoms with Crippen molar-refractivity contribution in [2.24, 2.45) is 29.2 Å². The lowest BCUT2D eigenvalue weighted by Gasteiger charge is -2.51. The van der Waals surface area contributed by atoms with E-state index >= 15 is 0 Å². The molecule has 5 unspecified atom stereocenters. The molecule has 0 aromatic carbocycles. The second kappa shape index (κ2) is 2.64. The molecule has 4 saturated carbocycles. The highest BCUT2D eigenvalue weighted by atomic mass is 16.1. The molecular weight excluding hydrogens is 188 g/mol. The number of rotatable bonds is 2. The van der Waals surface area contributed by atoms with Crippen molar-refractivity contribution in [3.63, 3.8) is 0 Å². The standard InChI is InChI=1S/C12H20N2O/c1-2-9(15)8-5-7-3-4-11(8,13)10-6-12(7,10)14/h7-8,10H,2-6,13-14H2,1H3. The second-order valence-electron chi connectivity index (χ2n) is 5.83. The van der Waals surface area contributed by atoms with Gasteiger partial charge < -0.3 is 11.5 Å². The van der Waals surface area contributed by atoms with E-state index in [2.05, 4.69) is 0 Å². The smallest absolute Gasteiger partial charge is 0.137 e. The van der Waals surface area contributed by atoms with Gasteiger partial charge in [0.1, 0.15) is 5.78 Å². The quantitative estimate of drug-likeness (QED) is 0.705. The average Bonchev–Trinajstić information content (AvgIpc) is 2.93. The van der Waals surface area contributed by atoms with Gasteiger partial charge in [0.15, 0.2) is 0 Å². The number of nitrogens with two attached hydrogens (primary N) is 2. The molecule has 3 heteroatoms. The van der Waals surface area contributed by atoms with Crippen LogP contribution in [0.4, 0.5) is 0 Å². The average molecular weight is 208 g/mol. The molecule has 0 saturated heterocycles. The third-order valence-corrected chi connectivity index (χ3v) is 5.29. The zero-order chi connectivity index (χ0) is 10.8. The summed E-state index contributed by atoms with van der Waals surface area (Å²) < 4.78 is 0. The Morgan fingerprint density at radius 1 is 1.40 bits per heavy atom. The Morgan fingerprint density at radius 3 is 2.80 bits per heavy atom. The molecule has 0 aromatic rings. The Balaban J connectivity index is 1.94. The summed E-state index contributed by atoms with van der Waals surface area (Å²) >= 11 is 0. The van der Waals surface area contributed by atoms with E-state index in [1.807, 2.05) is 6.92 Å². The molecule has 0 aromatic heterocycles. The van der Waals surface area contributed by atoms with Crippen molar-refractivity contribution in [1.29, 1.82) is 0 Å². The van der Waals surface area contributed by atoms with E-state index in [4.69, 9.17) is 11.5 Å². The minimum absolute atomic E-state index is 0.0114. The van der Waals surface area contributed by atoms with Crippen molar-refractivity contribution >= 4 is 5.78 Å². The first kappa shape index (κ1) is 9.79.